The van der Waals surface area contributed by atoms with Crippen molar-refractivity contribution in [3.05, 3.63) is 52.0 Å². The molecule has 1 atom stereocenters. The van der Waals surface area contributed by atoms with Gasteiger partial charge in [0.15, 0.2) is 0 Å². The van der Waals surface area contributed by atoms with Crippen molar-refractivity contribution in [1.82, 2.24) is 0 Å². The number of fused-ring (bicyclic) bond motifs is 6. The van der Waals surface area contributed by atoms with Crippen molar-refractivity contribution in [1.29, 1.82) is 0 Å². The van der Waals surface area contributed by atoms with E-state index in [0.29, 0.717) is 16.1 Å². The Kier molecular flexibility index (Phi) is 2.98. The second-order valence-electron chi connectivity index (χ2n) is 5.45. The molecule has 2 heterocycles. The normalized spacial score (nSPS) is 18.9. The Bertz CT molecular complexity index is 767. The molecule has 0 saturated carbocycles. The number of nitrogens with zero attached hydrogens (tertiary/aromatic N) is 2. The molecule has 106 valence electrons. The average molecular weight is 317 g/mol. The van der Waals surface area contributed by atoms with Crippen LogP contribution in [0.25, 0.3) is 11.1 Å². The number of benzene rings is 2. The maximum atomic E-state index is 6.49. The second kappa shape index (κ2) is 4.75. The monoisotopic (exact) mass is 316 g/mol. The van der Waals surface area contributed by atoms with Gasteiger partial charge in [0.1, 0.15) is 5.84 Å². The fraction of sp³-hybridized carbons (Fsp3) is 0.235. The number of aliphatic imine (C=N–C) groups is 1. The van der Waals surface area contributed by atoms with Crippen molar-refractivity contribution in [3.8, 4) is 11.1 Å². The molecule has 2 aliphatic heterocycles. The van der Waals surface area contributed by atoms with Crippen molar-refractivity contribution >= 4 is 34.7 Å². The summed E-state index contributed by atoms with van der Waals surface area (Å²) >= 11 is 12.7. The number of amidine groups is 1. The second-order valence-corrected chi connectivity index (χ2v) is 6.30. The van der Waals surface area contributed by atoms with E-state index in [-0.39, 0.29) is 0 Å². The summed E-state index contributed by atoms with van der Waals surface area (Å²) in [6, 6.07) is 12.5. The summed E-state index contributed by atoms with van der Waals surface area (Å²) in [5.74, 6) is 1.04. The molecule has 0 saturated heterocycles. The Balaban J connectivity index is 2.04. The van der Waals surface area contributed by atoms with E-state index in [0.717, 1.165) is 35.6 Å². The predicted octanol–water partition coefficient (Wildman–Crippen LogP) is 5.02. The van der Waals surface area contributed by atoms with Crippen molar-refractivity contribution in [2.75, 3.05) is 11.4 Å². The van der Waals surface area contributed by atoms with Gasteiger partial charge in [0.2, 0.25) is 0 Å². The van der Waals surface area contributed by atoms with Crippen LogP contribution in [-0.4, -0.2) is 18.4 Å². The minimum atomic E-state index is 0.325. The van der Waals surface area contributed by atoms with Crippen LogP contribution < -0.4 is 4.90 Å². The molecule has 0 N–H and O–H groups in total. The molecule has 0 aromatic heterocycles. The van der Waals surface area contributed by atoms with Crippen molar-refractivity contribution in [3.63, 3.8) is 0 Å². The number of hydrogen-bond acceptors (Lipinski definition) is 2. The van der Waals surface area contributed by atoms with Gasteiger partial charge < -0.3 is 4.90 Å². The molecular formula is C17H14Cl2N2. The first kappa shape index (κ1) is 13.2. The lowest BCUT2D eigenvalue weighted by Crippen LogP contribution is -2.33. The zero-order valence-electron chi connectivity index (χ0n) is 11.6. The lowest BCUT2D eigenvalue weighted by atomic mass is 9.93. The van der Waals surface area contributed by atoms with Gasteiger partial charge in [-0.2, -0.15) is 0 Å². The Hall–Kier alpha value is -1.51. The molecule has 0 bridgehead atoms. The highest BCUT2D eigenvalue weighted by Gasteiger charge is 2.35. The van der Waals surface area contributed by atoms with Crippen LogP contribution in [0.5, 0.6) is 0 Å². The first-order valence-electron chi connectivity index (χ1n) is 7.13. The van der Waals surface area contributed by atoms with Crippen LogP contribution in [0.3, 0.4) is 0 Å². The Morgan fingerprint density at radius 3 is 2.67 bits per heavy atom. The molecule has 2 aromatic carbocycles. The minimum absolute atomic E-state index is 0.325. The number of halogens is 2. The summed E-state index contributed by atoms with van der Waals surface area (Å²) in [6.07, 6.45) is 1.03. The third kappa shape index (κ3) is 1.90. The molecule has 0 spiro atoms. The molecular weight excluding hydrogens is 303 g/mol. The van der Waals surface area contributed by atoms with E-state index in [2.05, 4.69) is 30.0 Å². The SMILES string of the molecule is CC[C@H]1CN2C(=N1)c1ccccc1-c1cc(Cl)cc(Cl)c12. The molecule has 4 heteroatoms. The highest BCUT2D eigenvalue weighted by atomic mass is 35.5. The van der Waals surface area contributed by atoms with Crippen molar-refractivity contribution < 1.29 is 0 Å². The maximum Gasteiger partial charge on any atom is 0.136 e. The maximum absolute atomic E-state index is 6.49. The largest absolute Gasteiger partial charge is 0.322 e. The summed E-state index contributed by atoms with van der Waals surface area (Å²) in [4.78, 5) is 7.12. The van der Waals surface area contributed by atoms with E-state index < -0.39 is 0 Å². The smallest absolute Gasteiger partial charge is 0.136 e. The first-order chi connectivity index (χ1) is 10.2. The standard InChI is InChI=1S/C17H14Cl2N2/c1-2-11-9-21-16-14(7-10(18)8-15(16)19)12-5-3-4-6-13(12)17(21)20-11/h3-8,11H,2,9H2,1H3/t11-/m0/s1. The predicted molar refractivity (Wildman–Crippen MR) is 89.9 cm³/mol. The molecule has 0 unspecified atom stereocenters. The summed E-state index contributed by atoms with van der Waals surface area (Å²) in [5.41, 5.74) is 4.45. The number of anilines is 1. The summed E-state index contributed by atoms with van der Waals surface area (Å²) in [7, 11) is 0. The first-order valence-corrected chi connectivity index (χ1v) is 7.88. The van der Waals surface area contributed by atoms with E-state index >= 15 is 0 Å². The third-order valence-electron chi connectivity index (χ3n) is 4.18. The molecule has 2 aliphatic rings. The Morgan fingerprint density at radius 1 is 1.14 bits per heavy atom. The van der Waals surface area contributed by atoms with Crippen LogP contribution in [0.4, 0.5) is 5.69 Å². The van der Waals surface area contributed by atoms with Crippen LogP contribution in [0.2, 0.25) is 10.0 Å². The third-order valence-corrected chi connectivity index (χ3v) is 4.69. The van der Waals surface area contributed by atoms with Gasteiger partial charge in [-0.1, -0.05) is 54.4 Å². The van der Waals surface area contributed by atoms with Crippen molar-refractivity contribution in [2.45, 2.75) is 19.4 Å². The van der Waals surface area contributed by atoms with E-state index in [1.165, 1.54) is 5.56 Å². The van der Waals surface area contributed by atoms with Gasteiger partial charge in [-0.15, -0.1) is 0 Å². The lowest BCUT2D eigenvalue weighted by molar-refractivity contribution is 0.693. The zero-order chi connectivity index (χ0) is 14.6. The molecule has 0 aliphatic carbocycles. The summed E-state index contributed by atoms with van der Waals surface area (Å²) in [6.45, 7) is 3.05. The Labute approximate surface area is 134 Å². The summed E-state index contributed by atoms with van der Waals surface area (Å²) in [5, 5.41) is 1.36. The highest BCUT2D eigenvalue weighted by molar-refractivity contribution is 6.39. The fourth-order valence-corrected chi connectivity index (χ4v) is 3.77. The minimum Gasteiger partial charge on any atom is -0.322 e. The lowest BCUT2D eigenvalue weighted by Gasteiger charge is -2.31. The molecule has 0 amide bonds. The fourth-order valence-electron chi connectivity index (χ4n) is 3.17. The van der Waals surface area contributed by atoms with Gasteiger partial charge in [0.25, 0.3) is 0 Å². The molecule has 0 radical (unpaired) electrons. The van der Waals surface area contributed by atoms with E-state index in [9.17, 15) is 0 Å². The van der Waals surface area contributed by atoms with Crippen LogP contribution in [0, 0.1) is 0 Å². The van der Waals surface area contributed by atoms with E-state index in [4.69, 9.17) is 28.2 Å². The van der Waals surface area contributed by atoms with Crippen LogP contribution in [0.15, 0.2) is 41.4 Å². The Morgan fingerprint density at radius 2 is 1.90 bits per heavy atom. The van der Waals surface area contributed by atoms with Gasteiger partial charge in [-0.3, -0.25) is 4.99 Å². The molecule has 0 fully saturated rings. The van der Waals surface area contributed by atoms with Crippen molar-refractivity contribution in [2.24, 2.45) is 4.99 Å². The highest BCUT2D eigenvalue weighted by Crippen LogP contribution is 2.46. The van der Waals surface area contributed by atoms with Gasteiger partial charge >= 0.3 is 0 Å². The van der Waals surface area contributed by atoms with Crippen LogP contribution >= 0.6 is 23.2 Å². The van der Waals surface area contributed by atoms with Gasteiger partial charge in [-0.25, -0.2) is 0 Å². The van der Waals surface area contributed by atoms with Gasteiger partial charge in [0, 0.05) is 22.7 Å². The number of rotatable bonds is 1. The number of hydrogen-bond donors (Lipinski definition) is 0. The average Bonchev–Trinajstić information content (AvgIpc) is 2.91. The molecule has 2 aromatic rings. The summed E-state index contributed by atoms with van der Waals surface area (Å²) < 4.78 is 0. The quantitative estimate of drug-likeness (QED) is 0.721. The molecule has 4 rings (SSSR count). The van der Waals surface area contributed by atoms with Gasteiger partial charge in [0.05, 0.1) is 16.8 Å². The van der Waals surface area contributed by atoms with E-state index in [1.54, 1.807) is 0 Å². The van der Waals surface area contributed by atoms with Crippen LogP contribution in [-0.2, 0) is 0 Å². The zero-order valence-corrected chi connectivity index (χ0v) is 13.1. The topological polar surface area (TPSA) is 15.6 Å². The molecule has 21 heavy (non-hydrogen) atoms. The van der Waals surface area contributed by atoms with Gasteiger partial charge in [-0.05, 0) is 24.1 Å². The van der Waals surface area contributed by atoms with E-state index in [1.807, 2.05) is 18.2 Å². The van der Waals surface area contributed by atoms with Crippen LogP contribution in [0.1, 0.15) is 18.9 Å². The molecule has 2 nitrogen and oxygen atoms in total.